The molecular formula is C25H25ClN4O6. The lowest BCUT2D eigenvalue weighted by molar-refractivity contribution is -0.139. The number of nitrogens with one attached hydrogen (secondary N) is 3. The van der Waals surface area contributed by atoms with Gasteiger partial charge in [0.1, 0.15) is 11.6 Å². The molecule has 0 aliphatic heterocycles. The van der Waals surface area contributed by atoms with Crippen molar-refractivity contribution in [3.63, 3.8) is 0 Å². The van der Waals surface area contributed by atoms with Crippen molar-refractivity contribution in [1.82, 2.24) is 0 Å². The normalized spacial score (nSPS) is 10.4. The van der Waals surface area contributed by atoms with Crippen molar-refractivity contribution >= 4 is 40.7 Å². The van der Waals surface area contributed by atoms with Gasteiger partial charge in [-0.25, -0.2) is 4.79 Å². The highest BCUT2D eigenvalue weighted by Gasteiger charge is 2.17. The van der Waals surface area contributed by atoms with Crippen molar-refractivity contribution in [2.75, 3.05) is 23.8 Å². The van der Waals surface area contributed by atoms with Gasteiger partial charge in [0.05, 0.1) is 17.7 Å². The molecule has 36 heavy (non-hydrogen) atoms. The van der Waals surface area contributed by atoms with Crippen molar-refractivity contribution in [3.8, 4) is 17.2 Å². The van der Waals surface area contributed by atoms with E-state index in [0.29, 0.717) is 34.3 Å². The van der Waals surface area contributed by atoms with Gasteiger partial charge in [0.2, 0.25) is 0 Å². The molecule has 10 nitrogen and oxygen atoms in total. The summed E-state index contributed by atoms with van der Waals surface area (Å²) in [7, 11) is 0. The maximum atomic E-state index is 13.0. The number of carboxylic acid groups (broad SMARTS) is 1. The van der Waals surface area contributed by atoms with Crippen molar-refractivity contribution in [3.05, 3.63) is 76.3 Å². The van der Waals surface area contributed by atoms with Gasteiger partial charge in [-0.2, -0.15) is 0 Å². The third-order valence-electron chi connectivity index (χ3n) is 4.94. The minimum absolute atomic E-state index is 0.147. The Balaban J connectivity index is 1.84. The molecule has 0 saturated carbocycles. The van der Waals surface area contributed by atoms with Crippen LogP contribution in [0.3, 0.4) is 0 Å². The summed E-state index contributed by atoms with van der Waals surface area (Å²) in [5.41, 5.74) is 7.15. The van der Waals surface area contributed by atoms with E-state index < -0.39 is 18.5 Å². The second kappa shape index (κ2) is 11.8. The van der Waals surface area contributed by atoms with E-state index in [2.05, 4.69) is 10.6 Å². The van der Waals surface area contributed by atoms with Gasteiger partial charge in [0.25, 0.3) is 5.91 Å². The molecule has 0 bridgehead atoms. The number of carbonyl (C=O) groups is 2. The number of hydrogen-bond donors (Lipinski definition) is 6. The number of phenolic OH excluding ortho intramolecular Hbond substituents is 1. The van der Waals surface area contributed by atoms with Crippen molar-refractivity contribution in [2.24, 2.45) is 5.73 Å². The molecule has 1 amide bonds. The Bertz CT molecular complexity index is 1300. The topological polar surface area (TPSA) is 167 Å². The number of aromatic hydroxyl groups is 1. The number of carboxylic acids is 1. The summed E-state index contributed by atoms with van der Waals surface area (Å²) in [5.74, 6) is -1.48. The Morgan fingerprint density at radius 1 is 1.08 bits per heavy atom. The number of amidine groups is 1. The maximum Gasteiger partial charge on any atom is 0.341 e. The van der Waals surface area contributed by atoms with Crippen molar-refractivity contribution < 1.29 is 29.3 Å². The lowest BCUT2D eigenvalue weighted by Crippen LogP contribution is -2.16. The Labute approximate surface area is 212 Å². The third kappa shape index (κ3) is 6.57. The number of nitrogens with two attached hydrogens (primary N) is 1. The lowest BCUT2D eigenvalue weighted by Gasteiger charge is -2.17. The van der Waals surface area contributed by atoms with Crippen LogP contribution in [0.2, 0.25) is 5.02 Å². The molecule has 0 radical (unpaired) electrons. The number of amides is 1. The maximum absolute atomic E-state index is 13.0. The summed E-state index contributed by atoms with van der Waals surface area (Å²) in [6.07, 6.45) is 0. The molecule has 0 unspecified atom stereocenters. The van der Waals surface area contributed by atoms with Crippen LogP contribution in [-0.2, 0) is 11.3 Å². The molecule has 0 spiro atoms. The van der Waals surface area contributed by atoms with Crippen LogP contribution in [0.1, 0.15) is 28.4 Å². The molecule has 11 heteroatoms. The number of rotatable bonds is 11. The highest BCUT2D eigenvalue weighted by molar-refractivity contribution is 6.31. The van der Waals surface area contributed by atoms with E-state index in [9.17, 15) is 14.7 Å². The fourth-order valence-electron chi connectivity index (χ4n) is 3.35. The third-order valence-corrected chi connectivity index (χ3v) is 5.18. The Morgan fingerprint density at radius 2 is 1.86 bits per heavy atom. The van der Waals surface area contributed by atoms with E-state index in [4.69, 9.17) is 37.3 Å². The molecule has 3 aromatic rings. The number of nitrogen functional groups attached to an aromatic ring is 1. The van der Waals surface area contributed by atoms with Crippen molar-refractivity contribution in [1.29, 1.82) is 5.41 Å². The van der Waals surface area contributed by atoms with Crippen LogP contribution in [0, 0.1) is 5.41 Å². The van der Waals surface area contributed by atoms with Crippen LogP contribution < -0.4 is 25.8 Å². The fraction of sp³-hybridized carbons (Fsp3) is 0.160. The summed E-state index contributed by atoms with van der Waals surface area (Å²) < 4.78 is 11.0. The van der Waals surface area contributed by atoms with E-state index in [0.717, 1.165) is 0 Å². The van der Waals surface area contributed by atoms with Crippen LogP contribution in [-0.4, -0.2) is 41.1 Å². The number of ether oxygens (including phenoxy) is 2. The van der Waals surface area contributed by atoms with Crippen LogP contribution in [0.25, 0.3) is 0 Å². The summed E-state index contributed by atoms with van der Waals surface area (Å²) in [6, 6.07) is 14.2. The quantitative estimate of drug-likeness (QED) is 0.165. The smallest absolute Gasteiger partial charge is 0.341 e. The second-order valence-corrected chi connectivity index (χ2v) is 7.94. The molecule has 188 valence electrons. The highest BCUT2D eigenvalue weighted by atomic mass is 35.5. The molecule has 0 atom stereocenters. The molecule has 3 aromatic carbocycles. The summed E-state index contributed by atoms with van der Waals surface area (Å²) in [5, 5.41) is 32.7. The van der Waals surface area contributed by atoms with E-state index in [-0.39, 0.29) is 35.0 Å². The SMILES string of the molecule is CCOc1cccc(CNc2ccc(Cl)cc2C(=O)Nc2ccc(C(=N)N)c(O)c2)c1OCC(=O)O. The van der Waals surface area contributed by atoms with E-state index in [1.807, 2.05) is 0 Å². The van der Waals surface area contributed by atoms with Gasteiger partial charge < -0.3 is 36.1 Å². The van der Waals surface area contributed by atoms with Gasteiger partial charge in [-0.15, -0.1) is 0 Å². The Hall–Kier alpha value is -4.44. The predicted octanol–water partition coefficient (Wildman–Crippen LogP) is 4.06. The fourth-order valence-corrected chi connectivity index (χ4v) is 3.52. The van der Waals surface area contributed by atoms with E-state index >= 15 is 0 Å². The van der Waals surface area contributed by atoms with E-state index in [1.165, 1.54) is 24.3 Å². The zero-order chi connectivity index (χ0) is 26.2. The van der Waals surface area contributed by atoms with Gasteiger partial charge in [0, 0.05) is 34.6 Å². The second-order valence-electron chi connectivity index (χ2n) is 7.50. The van der Waals surface area contributed by atoms with Crippen LogP contribution in [0.15, 0.2) is 54.6 Å². The lowest BCUT2D eigenvalue weighted by atomic mass is 10.1. The minimum Gasteiger partial charge on any atom is -0.507 e. The molecule has 0 aliphatic rings. The summed E-state index contributed by atoms with van der Waals surface area (Å²) in [4.78, 5) is 24.1. The van der Waals surface area contributed by atoms with Gasteiger partial charge in [-0.1, -0.05) is 23.7 Å². The monoisotopic (exact) mass is 512 g/mol. The first kappa shape index (κ1) is 26.2. The van der Waals surface area contributed by atoms with E-state index in [1.54, 1.807) is 37.3 Å². The zero-order valence-corrected chi connectivity index (χ0v) is 20.1. The van der Waals surface area contributed by atoms with Gasteiger partial charge in [-0.3, -0.25) is 10.2 Å². The average molecular weight is 513 g/mol. The number of carbonyl (C=O) groups excluding carboxylic acids is 1. The predicted molar refractivity (Wildman–Crippen MR) is 137 cm³/mol. The summed E-state index contributed by atoms with van der Waals surface area (Å²) in [6.45, 7) is 1.81. The molecule has 3 rings (SSSR count). The number of phenols is 1. The van der Waals surface area contributed by atoms with Crippen LogP contribution in [0.5, 0.6) is 17.2 Å². The number of benzene rings is 3. The largest absolute Gasteiger partial charge is 0.507 e. The van der Waals surface area contributed by atoms with Crippen LogP contribution >= 0.6 is 11.6 Å². The standard InChI is InChI=1S/C25H25ClN4O6/c1-2-35-21-5-3-4-14(23(21)36-13-22(32)33)12-29-19-9-6-15(26)10-18(19)25(34)30-16-7-8-17(24(27)28)20(31)11-16/h3-11,29,31H,2,12-13H2,1H3,(H3,27,28)(H,30,34)(H,32,33). The number of hydrogen-bond acceptors (Lipinski definition) is 7. The average Bonchev–Trinajstić information content (AvgIpc) is 2.82. The molecular weight excluding hydrogens is 488 g/mol. The van der Waals surface area contributed by atoms with Gasteiger partial charge in [0.15, 0.2) is 18.1 Å². The van der Waals surface area contributed by atoms with Gasteiger partial charge >= 0.3 is 5.97 Å². The molecule has 0 heterocycles. The molecule has 0 fully saturated rings. The first-order valence-electron chi connectivity index (χ1n) is 10.8. The number of para-hydroxylation sites is 1. The number of halogens is 1. The van der Waals surface area contributed by atoms with Crippen LogP contribution in [0.4, 0.5) is 11.4 Å². The highest BCUT2D eigenvalue weighted by Crippen LogP contribution is 2.33. The van der Waals surface area contributed by atoms with Gasteiger partial charge in [-0.05, 0) is 43.3 Å². The number of aliphatic carboxylic acids is 1. The first-order valence-corrected chi connectivity index (χ1v) is 11.2. The molecule has 0 aliphatic carbocycles. The zero-order valence-electron chi connectivity index (χ0n) is 19.3. The molecule has 0 saturated heterocycles. The summed E-state index contributed by atoms with van der Waals surface area (Å²) >= 11 is 6.14. The Morgan fingerprint density at radius 3 is 2.53 bits per heavy atom. The van der Waals surface area contributed by atoms with Crippen molar-refractivity contribution in [2.45, 2.75) is 13.5 Å². The molecule has 7 N–H and O–H groups in total. The Kier molecular flexibility index (Phi) is 8.58. The first-order chi connectivity index (χ1) is 17.2. The molecule has 0 aromatic heterocycles. The number of anilines is 2. The minimum atomic E-state index is -1.13.